The number of hydrogen-bond donors (Lipinski definition) is 2. The molecule has 0 saturated carbocycles. The minimum Gasteiger partial charge on any atom is -0.453 e. The number of benzene rings is 3. The van der Waals surface area contributed by atoms with Gasteiger partial charge in [-0.3, -0.25) is 9.35 Å². The monoisotopic (exact) mass is 457 g/mol. The minimum absolute atomic E-state index is 0.00635. The van der Waals surface area contributed by atoms with E-state index in [-0.39, 0.29) is 12.3 Å². The maximum atomic E-state index is 12.2. The molecule has 0 atom stereocenters. The van der Waals surface area contributed by atoms with Crippen LogP contribution in [0.5, 0.6) is 23.0 Å². The summed E-state index contributed by atoms with van der Waals surface area (Å²) in [5.74, 6) is 2.45. The second-order valence-electron chi connectivity index (χ2n) is 7.18. The first-order chi connectivity index (χ1) is 15.0. The van der Waals surface area contributed by atoms with Crippen LogP contribution in [-0.4, -0.2) is 38.6 Å². The molecule has 0 radical (unpaired) electrons. The molecular formula is C24H27NO6S. The molecule has 2 N–H and O–H groups in total. The number of likely N-dealkylation sites (N-methyl/N-ethyl adjacent to an activating group) is 1. The fraction of sp³-hybridized carbons (Fsp3) is 0.208. The van der Waals surface area contributed by atoms with Crippen LogP contribution in [0.25, 0.3) is 0 Å². The van der Waals surface area contributed by atoms with E-state index in [2.05, 4.69) is 5.32 Å². The van der Waals surface area contributed by atoms with Gasteiger partial charge in [-0.2, -0.15) is 8.42 Å². The van der Waals surface area contributed by atoms with Crippen molar-refractivity contribution < 1.29 is 27.2 Å². The van der Waals surface area contributed by atoms with Crippen molar-refractivity contribution in [2.75, 3.05) is 19.8 Å². The zero-order valence-electron chi connectivity index (χ0n) is 18.5. The number of carbonyl (C=O) groups is 1. The SMILES string of the molecule is CNCC(=O)c1ccc(Oc2ccc(C)cc2)c(Oc2ccc(C)cc2)c1.CS(=O)(=O)O. The summed E-state index contributed by atoms with van der Waals surface area (Å²) in [5, 5.41) is 2.88. The van der Waals surface area contributed by atoms with E-state index >= 15 is 0 Å². The van der Waals surface area contributed by atoms with Crippen LogP contribution in [0.4, 0.5) is 0 Å². The standard InChI is InChI=1S/C23H23NO3.CH4O3S/c1-16-4-9-19(10-5-16)26-22-13-8-18(21(25)15-24-3)14-23(22)27-20-11-6-17(2)7-12-20;1-5(2,3)4/h4-14,24H,15H2,1-3H3;1H3,(H,2,3,4). The smallest absolute Gasteiger partial charge is 0.261 e. The van der Waals surface area contributed by atoms with Crippen molar-refractivity contribution in [1.29, 1.82) is 0 Å². The van der Waals surface area contributed by atoms with E-state index in [1.165, 1.54) is 0 Å². The van der Waals surface area contributed by atoms with Crippen molar-refractivity contribution in [2.45, 2.75) is 13.8 Å². The first-order valence-corrected chi connectivity index (χ1v) is 11.6. The van der Waals surface area contributed by atoms with Gasteiger partial charge < -0.3 is 14.8 Å². The van der Waals surface area contributed by atoms with Crippen LogP contribution in [0.3, 0.4) is 0 Å². The molecule has 0 aliphatic heterocycles. The van der Waals surface area contributed by atoms with Gasteiger partial charge >= 0.3 is 0 Å². The molecule has 0 aliphatic carbocycles. The van der Waals surface area contributed by atoms with E-state index in [0.29, 0.717) is 34.8 Å². The number of aryl methyl sites for hydroxylation is 2. The summed E-state index contributed by atoms with van der Waals surface area (Å²) in [6, 6.07) is 20.8. The Labute approximate surface area is 188 Å². The molecule has 0 heterocycles. The molecule has 3 rings (SSSR count). The fourth-order valence-corrected chi connectivity index (χ4v) is 2.57. The molecular weight excluding hydrogens is 430 g/mol. The summed E-state index contributed by atoms with van der Waals surface area (Å²) < 4.78 is 37.9. The summed E-state index contributed by atoms with van der Waals surface area (Å²) in [6.07, 6.45) is 0.715. The van der Waals surface area contributed by atoms with Gasteiger partial charge in [-0.1, -0.05) is 35.4 Å². The topological polar surface area (TPSA) is 102 Å². The molecule has 7 nitrogen and oxygen atoms in total. The lowest BCUT2D eigenvalue weighted by Gasteiger charge is -2.14. The summed E-state index contributed by atoms with van der Waals surface area (Å²) in [4.78, 5) is 12.2. The molecule has 170 valence electrons. The van der Waals surface area contributed by atoms with Gasteiger partial charge in [-0.25, -0.2) is 0 Å². The number of carbonyl (C=O) groups excluding carboxylic acids is 1. The van der Waals surface area contributed by atoms with E-state index in [1.807, 2.05) is 62.4 Å². The van der Waals surface area contributed by atoms with Crippen LogP contribution in [0.2, 0.25) is 0 Å². The largest absolute Gasteiger partial charge is 0.453 e. The number of rotatable bonds is 7. The van der Waals surface area contributed by atoms with E-state index in [9.17, 15) is 13.2 Å². The lowest BCUT2D eigenvalue weighted by atomic mass is 10.1. The lowest BCUT2D eigenvalue weighted by molar-refractivity contribution is 0.0993. The van der Waals surface area contributed by atoms with Crippen molar-refractivity contribution in [3.63, 3.8) is 0 Å². The third-order valence-electron chi connectivity index (χ3n) is 4.10. The summed E-state index contributed by atoms with van der Waals surface area (Å²) >= 11 is 0. The molecule has 8 heteroatoms. The molecule has 0 bridgehead atoms. The Morgan fingerprint density at radius 1 is 0.844 bits per heavy atom. The molecule has 0 aliphatic rings. The number of nitrogens with one attached hydrogen (secondary N) is 1. The van der Waals surface area contributed by atoms with E-state index in [1.54, 1.807) is 25.2 Å². The predicted octanol–water partition coefficient (Wildman–Crippen LogP) is 4.79. The van der Waals surface area contributed by atoms with Crippen LogP contribution in [-0.2, 0) is 10.1 Å². The normalized spacial score (nSPS) is 10.7. The Bertz CT molecular complexity index is 1130. The Morgan fingerprint density at radius 3 is 1.72 bits per heavy atom. The number of hydrogen-bond acceptors (Lipinski definition) is 6. The maximum absolute atomic E-state index is 12.2. The Hall–Kier alpha value is -3.20. The molecule has 0 unspecified atom stereocenters. The molecule has 0 saturated heterocycles. The lowest BCUT2D eigenvalue weighted by Crippen LogP contribution is -2.18. The van der Waals surface area contributed by atoms with Gasteiger partial charge in [0, 0.05) is 5.56 Å². The molecule has 0 fully saturated rings. The highest BCUT2D eigenvalue weighted by atomic mass is 32.2. The van der Waals surface area contributed by atoms with Crippen LogP contribution in [0, 0.1) is 13.8 Å². The quantitative estimate of drug-likeness (QED) is 0.388. The van der Waals surface area contributed by atoms with Crippen molar-refractivity contribution in [1.82, 2.24) is 5.32 Å². The van der Waals surface area contributed by atoms with Crippen molar-refractivity contribution in [2.24, 2.45) is 0 Å². The highest BCUT2D eigenvalue weighted by Gasteiger charge is 2.13. The van der Waals surface area contributed by atoms with Crippen molar-refractivity contribution in [3.05, 3.63) is 83.4 Å². The fourth-order valence-electron chi connectivity index (χ4n) is 2.57. The van der Waals surface area contributed by atoms with Gasteiger partial charge in [0.05, 0.1) is 12.8 Å². The van der Waals surface area contributed by atoms with E-state index in [4.69, 9.17) is 14.0 Å². The van der Waals surface area contributed by atoms with Gasteiger partial charge in [0.1, 0.15) is 11.5 Å². The number of ether oxygens (including phenoxy) is 2. The Kier molecular flexibility index (Phi) is 8.95. The molecule has 0 amide bonds. The Balaban J connectivity index is 0.000000654. The van der Waals surface area contributed by atoms with E-state index in [0.717, 1.165) is 11.1 Å². The van der Waals surface area contributed by atoms with Crippen molar-refractivity contribution >= 4 is 15.9 Å². The van der Waals surface area contributed by atoms with Crippen LogP contribution >= 0.6 is 0 Å². The average Bonchev–Trinajstić information content (AvgIpc) is 2.71. The predicted molar refractivity (Wildman–Crippen MR) is 125 cm³/mol. The van der Waals surface area contributed by atoms with Gasteiger partial charge in [0.15, 0.2) is 17.3 Å². The zero-order valence-corrected chi connectivity index (χ0v) is 19.3. The highest BCUT2D eigenvalue weighted by Crippen LogP contribution is 2.36. The van der Waals surface area contributed by atoms with Crippen LogP contribution < -0.4 is 14.8 Å². The third kappa shape index (κ3) is 8.89. The second kappa shape index (κ2) is 11.4. The Morgan fingerprint density at radius 2 is 1.28 bits per heavy atom. The molecule has 3 aromatic rings. The van der Waals surface area contributed by atoms with E-state index < -0.39 is 10.1 Å². The molecule has 3 aromatic carbocycles. The van der Waals surface area contributed by atoms with Crippen molar-refractivity contribution in [3.8, 4) is 23.0 Å². The number of Topliss-reactive ketones (excluding diaryl/α,β-unsaturated/α-hetero) is 1. The summed E-state index contributed by atoms with van der Waals surface area (Å²) in [7, 11) is -1.92. The zero-order chi connectivity index (χ0) is 23.7. The molecule has 32 heavy (non-hydrogen) atoms. The molecule has 0 aromatic heterocycles. The van der Waals surface area contributed by atoms with Crippen LogP contribution in [0.15, 0.2) is 66.7 Å². The summed E-state index contributed by atoms with van der Waals surface area (Å²) in [6.45, 7) is 4.31. The molecule has 0 spiro atoms. The maximum Gasteiger partial charge on any atom is 0.261 e. The van der Waals surface area contributed by atoms with Gasteiger partial charge in [-0.05, 0) is 63.4 Å². The second-order valence-corrected chi connectivity index (χ2v) is 8.64. The number of ketones is 1. The minimum atomic E-state index is -3.67. The first kappa shape index (κ1) is 25.1. The third-order valence-corrected chi connectivity index (χ3v) is 4.10. The first-order valence-electron chi connectivity index (χ1n) is 9.78. The average molecular weight is 458 g/mol. The van der Waals surface area contributed by atoms with Gasteiger partial charge in [0.25, 0.3) is 10.1 Å². The highest BCUT2D eigenvalue weighted by molar-refractivity contribution is 7.85. The van der Waals surface area contributed by atoms with Gasteiger partial charge in [0.2, 0.25) is 0 Å². The summed E-state index contributed by atoms with van der Waals surface area (Å²) in [5.41, 5.74) is 2.88. The van der Waals surface area contributed by atoms with Crippen LogP contribution in [0.1, 0.15) is 21.5 Å². The van der Waals surface area contributed by atoms with Gasteiger partial charge in [-0.15, -0.1) is 0 Å².